The standard InChI is InChI=1S/C20H26N2O2/c1-14-8-10-17(11-9-14)19(23)13-21-16(3)12-20(24)22-18-7-5-4-6-15(18)2/h4-11,16,19,21,23H,12-13H2,1-3H3,(H,22,24). The first kappa shape index (κ1) is 18.2. The predicted octanol–water partition coefficient (Wildman–Crippen LogP) is 3.34. The van der Waals surface area contributed by atoms with Gasteiger partial charge in [0.15, 0.2) is 0 Å². The van der Waals surface area contributed by atoms with Crippen LogP contribution in [-0.4, -0.2) is 23.6 Å². The molecule has 0 saturated heterocycles. The molecule has 0 aromatic heterocycles. The van der Waals surface area contributed by atoms with Crippen molar-refractivity contribution in [2.45, 2.75) is 39.3 Å². The van der Waals surface area contributed by atoms with Gasteiger partial charge in [0.25, 0.3) is 0 Å². The van der Waals surface area contributed by atoms with Crippen molar-refractivity contribution in [2.24, 2.45) is 0 Å². The molecule has 2 aromatic carbocycles. The zero-order chi connectivity index (χ0) is 17.5. The topological polar surface area (TPSA) is 61.4 Å². The van der Waals surface area contributed by atoms with Gasteiger partial charge in [-0.05, 0) is 38.0 Å². The van der Waals surface area contributed by atoms with E-state index in [-0.39, 0.29) is 11.9 Å². The molecule has 0 aliphatic heterocycles. The van der Waals surface area contributed by atoms with E-state index < -0.39 is 6.10 Å². The summed E-state index contributed by atoms with van der Waals surface area (Å²) in [6, 6.07) is 15.5. The number of benzene rings is 2. The van der Waals surface area contributed by atoms with E-state index in [1.165, 1.54) is 5.56 Å². The summed E-state index contributed by atoms with van der Waals surface area (Å²) in [7, 11) is 0. The normalized spacial score (nSPS) is 13.3. The number of carbonyl (C=O) groups excluding carboxylic acids is 1. The monoisotopic (exact) mass is 326 g/mol. The maximum atomic E-state index is 12.1. The first-order valence-electron chi connectivity index (χ1n) is 8.29. The Morgan fingerprint density at radius 3 is 2.42 bits per heavy atom. The molecule has 0 saturated carbocycles. The Balaban J connectivity index is 1.78. The lowest BCUT2D eigenvalue weighted by atomic mass is 10.1. The van der Waals surface area contributed by atoms with Crippen LogP contribution >= 0.6 is 0 Å². The van der Waals surface area contributed by atoms with Crippen LogP contribution in [0.15, 0.2) is 48.5 Å². The molecular weight excluding hydrogens is 300 g/mol. The number of nitrogens with one attached hydrogen (secondary N) is 2. The molecule has 2 atom stereocenters. The molecule has 0 fully saturated rings. The van der Waals surface area contributed by atoms with Crippen LogP contribution in [0, 0.1) is 13.8 Å². The SMILES string of the molecule is Cc1ccc(C(O)CNC(C)CC(=O)Nc2ccccc2C)cc1. The zero-order valence-electron chi connectivity index (χ0n) is 14.5. The molecule has 0 radical (unpaired) electrons. The Labute approximate surface area is 143 Å². The van der Waals surface area contributed by atoms with Gasteiger partial charge in [0.05, 0.1) is 6.10 Å². The lowest BCUT2D eigenvalue weighted by molar-refractivity contribution is -0.116. The Morgan fingerprint density at radius 2 is 1.75 bits per heavy atom. The first-order valence-corrected chi connectivity index (χ1v) is 8.29. The summed E-state index contributed by atoms with van der Waals surface area (Å²) < 4.78 is 0. The third-order valence-corrected chi connectivity index (χ3v) is 4.03. The van der Waals surface area contributed by atoms with Crippen molar-refractivity contribution >= 4 is 11.6 Å². The molecule has 0 spiro atoms. The van der Waals surface area contributed by atoms with Crippen molar-refractivity contribution < 1.29 is 9.90 Å². The molecule has 0 aliphatic carbocycles. The van der Waals surface area contributed by atoms with Crippen LogP contribution < -0.4 is 10.6 Å². The number of rotatable bonds is 7. The van der Waals surface area contributed by atoms with Crippen molar-refractivity contribution in [1.82, 2.24) is 5.32 Å². The second-order valence-electron chi connectivity index (χ2n) is 6.30. The van der Waals surface area contributed by atoms with Crippen LogP contribution in [0.5, 0.6) is 0 Å². The van der Waals surface area contributed by atoms with Gasteiger partial charge < -0.3 is 15.7 Å². The molecule has 2 aromatic rings. The van der Waals surface area contributed by atoms with Crippen LogP contribution in [0.2, 0.25) is 0 Å². The molecule has 0 bridgehead atoms. The van der Waals surface area contributed by atoms with Crippen molar-refractivity contribution in [2.75, 3.05) is 11.9 Å². The molecule has 2 rings (SSSR count). The van der Waals surface area contributed by atoms with Gasteiger partial charge in [0.1, 0.15) is 0 Å². The van der Waals surface area contributed by atoms with Crippen LogP contribution in [0.3, 0.4) is 0 Å². The van der Waals surface area contributed by atoms with Crippen LogP contribution in [0.25, 0.3) is 0 Å². The van der Waals surface area contributed by atoms with Gasteiger partial charge in [-0.3, -0.25) is 4.79 Å². The molecular formula is C20H26N2O2. The van der Waals surface area contributed by atoms with Gasteiger partial charge in [-0.15, -0.1) is 0 Å². The van der Waals surface area contributed by atoms with Gasteiger partial charge in [-0.2, -0.15) is 0 Å². The fourth-order valence-electron chi connectivity index (χ4n) is 2.48. The lowest BCUT2D eigenvalue weighted by Crippen LogP contribution is -2.33. The van der Waals surface area contributed by atoms with Crippen LogP contribution in [0.4, 0.5) is 5.69 Å². The highest BCUT2D eigenvalue weighted by Crippen LogP contribution is 2.15. The van der Waals surface area contributed by atoms with Crippen LogP contribution in [0.1, 0.15) is 36.1 Å². The van der Waals surface area contributed by atoms with Gasteiger partial charge in [-0.25, -0.2) is 0 Å². The average molecular weight is 326 g/mol. The highest BCUT2D eigenvalue weighted by atomic mass is 16.3. The number of aliphatic hydroxyl groups excluding tert-OH is 1. The number of carbonyl (C=O) groups is 1. The largest absolute Gasteiger partial charge is 0.387 e. The van der Waals surface area contributed by atoms with Gasteiger partial charge in [-0.1, -0.05) is 48.0 Å². The van der Waals surface area contributed by atoms with Crippen molar-refractivity contribution in [3.63, 3.8) is 0 Å². The number of hydrogen-bond donors (Lipinski definition) is 3. The second kappa shape index (κ2) is 8.62. The minimum absolute atomic E-state index is 0.0193. The van der Waals surface area contributed by atoms with Crippen molar-refractivity contribution in [3.8, 4) is 0 Å². The van der Waals surface area contributed by atoms with Crippen molar-refractivity contribution in [3.05, 3.63) is 65.2 Å². The highest BCUT2D eigenvalue weighted by molar-refractivity contribution is 5.91. The third kappa shape index (κ3) is 5.48. The van der Waals surface area contributed by atoms with E-state index in [0.717, 1.165) is 16.8 Å². The summed E-state index contributed by atoms with van der Waals surface area (Å²) in [6.45, 7) is 6.35. The Morgan fingerprint density at radius 1 is 1.08 bits per heavy atom. The minimum atomic E-state index is -0.576. The molecule has 4 nitrogen and oxygen atoms in total. The number of aryl methyl sites for hydroxylation is 2. The first-order chi connectivity index (χ1) is 11.5. The Bertz CT molecular complexity index is 668. The summed E-state index contributed by atoms with van der Waals surface area (Å²) in [4.78, 5) is 12.1. The minimum Gasteiger partial charge on any atom is -0.387 e. The Kier molecular flexibility index (Phi) is 6.53. The number of para-hydroxylation sites is 1. The van der Waals surface area contributed by atoms with Crippen molar-refractivity contribution in [1.29, 1.82) is 0 Å². The summed E-state index contributed by atoms with van der Waals surface area (Å²) in [6.07, 6.45) is -0.220. The summed E-state index contributed by atoms with van der Waals surface area (Å²) >= 11 is 0. The zero-order valence-corrected chi connectivity index (χ0v) is 14.5. The number of hydrogen-bond acceptors (Lipinski definition) is 3. The summed E-state index contributed by atoms with van der Waals surface area (Å²) in [5.74, 6) is -0.0332. The summed E-state index contributed by atoms with van der Waals surface area (Å²) in [5, 5.41) is 16.3. The van der Waals surface area contributed by atoms with E-state index in [1.807, 2.05) is 69.3 Å². The lowest BCUT2D eigenvalue weighted by Gasteiger charge is -2.17. The maximum absolute atomic E-state index is 12.1. The fourth-order valence-corrected chi connectivity index (χ4v) is 2.48. The number of amides is 1. The molecule has 4 heteroatoms. The molecule has 128 valence electrons. The smallest absolute Gasteiger partial charge is 0.225 e. The van der Waals surface area contributed by atoms with E-state index in [4.69, 9.17) is 0 Å². The number of aliphatic hydroxyl groups is 1. The number of anilines is 1. The second-order valence-corrected chi connectivity index (χ2v) is 6.30. The molecule has 3 N–H and O–H groups in total. The van der Waals surface area contributed by atoms with Gasteiger partial charge >= 0.3 is 0 Å². The Hall–Kier alpha value is -2.17. The highest BCUT2D eigenvalue weighted by Gasteiger charge is 2.13. The van der Waals surface area contributed by atoms with E-state index in [1.54, 1.807) is 0 Å². The third-order valence-electron chi connectivity index (χ3n) is 4.03. The van der Waals surface area contributed by atoms with Crippen LogP contribution in [-0.2, 0) is 4.79 Å². The predicted molar refractivity (Wildman–Crippen MR) is 98.0 cm³/mol. The van der Waals surface area contributed by atoms with E-state index in [0.29, 0.717) is 13.0 Å². The molecule has 1 amide bonds. The van der Waals surface area contributed by atoms with E-state index >= 15 is 0 Å². The maximum Gasteiger partial charge on any atom is 0.225 e. The quantitative estimate of drug-likeness (QED) is 0.731. The van der Waals surface area contributed by atoms with Gasteiger partial charge in [0.2, 0.25) is 5.91 Å². The fraction of sp³-hybridized carbons (Fsp3) is 0.350. The molecule has 0 aliphatic rings. The average Bonchev–Trinajstić information content (AvgIpc) is 2.55. The van der Waals surface area contributed by atoms with E-state index in [9.17, 15) is 9.90 Å². The molecule has 0 heterocycles. The summed E-state index contributed by atoms with van der Waals surface area (Å²) in [5.41, 5.74) is 3.93. The van der Waals surface area contributed by atoms with E-state index in [2.05, 4.69) is 10.6 Å². The molecule has 2 unspecified atom stereocenters. The molecule has 24 heavy (non-hydrogen) atoms. The van der Waals surface area contributed by atoms with Gasteiger partial charge in [0, 0.05) is 24.7 Å².